The Morgan fingerprint density at radius 2 is 2.44 bits per heavy atom. The number of hydrogen-bond donors (Lipinski definition) is 2. The molecular weight excluding hydrogens is 222 g/mol. The number of H-pyrrole nitrogens is 1. The van der Waals surface area contributed by atoms with Crippen molar-refractivity contribution in [2.75, 3.05) is 25.6 Å². The van der Waals surface area contributed by atoms with Crippen LogP contribution in [0.4, 0.5) is 5.82 Å². The largest absolute Gasteiger partial charge is 0.383 e. The van der Waals surface area contributed by atoms with Gasteiger partial charge in [0.1, 0.15) is 0 Å². The highest BCUT2D eigenvalue weighted by Gasteiger charge is 2.10. The van der Waals surface area contributed by atoms with Crippen molar-refractivity contribution in [2.24, 2.45) is 0 Å². The zero-order valence-electron chi connectivity index (χ0n) is 9.41. The molecule has 4 nitrogen and oxygen atoms in total. The number of ether oxygens (including phenoxy) is 1. The van der Waals surface area contributed by atoms with Crippen LogP contribution >= 0.6 is 11.3 Å². The van der Waals surface area contributed by atoms with E-state index in [1.165, 1.54) is 4.88 Å². The SMILES string of the molecule is COCCNc1n[nH]c(-c2cccs2)c1C. The molecule has 2 rings (SSSR count). The second kappa shape index (κ2) is 5.14. The number of aromatic nitrogens is 2. The van der Waals surface area contributed by atoms with Gasteiger partial charge in [0.25, 0.3) is 0 Å². The number of anilines is 1. The minimum Gasteiger partial charge on any atom is -0.383 e. The average molecular weight is 237 g/mol. The van der Waals surface area contributed by atoms with Gasteiger partial charge in [-0.1, -0.05) is 6.07 Å². The number of rotatable bonds is 5. The number of aromatic amines is 1. The molecule has 0 aromatic carbocycles. The summed E-state index contributed by atoms with van der Waals surface area (Å²) >= 11 is 1.71. The van der Waals surface area contributed by atoms with Crippen molar-refractivity contribution < 1.29 is 4.74 Å². The first kappa shape index (κ1) is 11.2. The molecule has 86 valence electrons. The van der Waals surface area contributed by atoms with Crippen LogP contribution in [0.5, 0.6) is 0 Å². The molecule has 0 aliphatic rings. The molecule has 16 heavy (non-hydrogen) atoms. The number of thiophene rings is 1. The van der Waals surface area contributed by atoms with E-state index in [2.05, 4.69) is 33.9 Å². The third-order valence-corrected chi connectivity index (χ3v) is 3.26. The highest BCUT2D eigenvalue weighted by molar-refractivity contribution is 7.13. The standard InChI is InChI=1S/C11H15N3OS/c1-8-10(9-4-3-7-16-9)13-14-11(8)12-5-6-15-2/h3-4,7H,5-6H2,1-2H3,(H2,12,13,14). The molecule has 0 fully saturated rings. The molecule has 0 amide bonds. The first-order valence-electron chi connectivity index (χ1n) is 5.14. The van der Waals surface area contributed by atoms with E-state index in [9.17, 15) is 0 Å². The maximum Gasteiger partial charge on any atom is 0.151 e. The Morgan fingerprint density at radius 1 is 1.56 bits per heavy atom. The summed E-state index contributed by atoms with van der Waals surface area (Å²) < 4.78 is 4.98. The van der Waals surface area contributed by atoms with Crippen molar-refractivity contribution in [1.29, 1.82) is 0 Å². The molecule has 2 aromatic heterocycles. The third-order valence-electron chi connectivity index (χ3n) is 2.38. The van der Waals surface area contributed by atoms with Gasteiger partial charge >= 0.3 is 0 Å². The second-order valence-electron chi connectivity index (χ2n) is 3.47. The smallest absolute Gasteiger partial charge is 0.151 e. The van der Waals surface area contributed by atoms with Crippen molar-refractivity contribution >= 4 is 17.2 Å². The summed E-state index contributed by atoms with van der Waals surface area (Å²) in [5.74, 6) is 0.903. The number of hydrogen-bond acceptors (Lipinski definition) is 4. The minimum atomic E-state index is 0.681. The van der Waals surface area contributed by atoms with Crippen molar-refractivity contribution in [2.45, 2.75) is 6.92 Å². The molecule has 2 heterocycles. The van der Waals surface area contributed by atoms with E-state index in [4.69, 9.17) is 4.74 Å². The molecule has 2 aromatic rings. The molecule has 0 aliphatic carbocycles. The van der Waals surface area contributed by atoms with Crippen LogP contribution in [0.15, 0.2) is 17.5 Å². The predicted molar refractivity (Wildman–Crippen MR) is 67.0 cm³/mol. The molecule has 0 saturated heterocycles. The molecule has 0 atom stereocenters. The van der Waals surface area contributed by atoms with Crippen LogP contribution in [-0.4, -0.2) is 30.5 Å². The Labute approximate surface area is 98.6 Å². The fraction of sp³-hybridized carbons (Fsp3) is 0.364. The van der Waals surface area contributed by atoms with Gasteiger partial charge in [-0.2, -0.15) is 5.10 Å². The van der Waals surface area contributed by atoms with E-state index >= 15 is 0 Å². The lowest BCUT2D eigenvalue weighted by molar-refractivity contribution is 0.210. The van der Waals surface area contributed by atoms with Gasteiger partial charge in [0.05, 0.1) is 17.2 Å². The van der Waals surface area contributed by atoms with Gasteiger partial charge in [0.15, 0.2) is 5.82 Å². The van der Waals surface area contributed by atoms with Gasteiger partial charge in [-0.25, -0.2) is 0 Å². The van der Waals surface area contributed by atoms with Crippen LogP contribution in [0.2, 0.25) is 0 Å². The van der Waals surface area contributed by atoms with E-state index in [0.717, 1.165) is 23.6 Å². The first-order valence-corrected chi connectivity index (χ1v) is 6.02. The molecular formula is C11H15N3OS. The topological polar surface area (TPSA) is 49.9 Å². The number of nitrogens with one attached hydrogen (secondary N) is 2. The van der Waals surface area contributed by atoms with Gasteiger partial charge < -0.3 is 10.1 Å². The molecule has 0 saturated carbocycles. The Bertz CT molecular complexity index is 436. The van der Waals surface area contributed by atoms with Crippen molar-refractivity contribution in [3.63, 3.8) is 0 Å². The first-order chi connectivity index (χ1) is 7.83. The van der Waals surface area contributed by atoms with Gasteiger partial charge in [0.2, 0.25) is 0 Å². The molecule has 5 heteroatoms. The van der Waals surface area contributed by atoms with Crippen LogP contribution in [-0.2, 0) is 4.74 Å². The van der Waals surface area contributed by atoms with Crippen LogP contribution < -0.4 is 5.32 Å². The van der Waals surface area contributed by atoms with E-state index in [1.807, 2.05) is 6.07 Å². The molecule has 2 N–H and O–H groups in total. The van der Waals surface area contributed by atoms with E-state index < -0.39 is 0 Å². The fourth-order valence-electron chi connectivity index (χ4n) is 1.50. The van der Waals surface area contributed by atoms with Crippen LogP contribution in [0.3, 0.4) is 0 Å². The molecule has 0 bridgehead atoms. The van der Waals surface area contributed by atoms with Crippen LogP contribution in [0.25, 0.3) is 10.6 Å². The Kier molecular flexibility index (Phi) is 3.58. The van der Waals surface area contributed by atoms with Crippen LogP contribution in [0.1, 0.15) is 5.56 Å². The number of nitrogens with zero attached hydrogens (tertiary/aromatic N) is 1. The maximum atomic E-state index is 4.98. The summed E-state index contributed by atoms with van der Waals surface area (Å²) in [5.41, 5.74) is 2.24. The Balaban J connectivity index is 2.12. The van der Waals surface area contributed by atoms with Crippen molar-refractivity contribution in [3.05, 3.63) is 23.1 Å². The Morgan fingerprint density at radius 3 is 3.12 bits per heavy atom. The lowest BCUT2D eigenvalue weighted by Crippen LogP contribution is -2.08. The quantitative estimate of drug-likeness (QED) is 0.786. The molecule has 0 radical (unpaired) electrons. The molecule has 0 aliphatic heterocycles. The normalized spacial score (nSPS) is 10.6. The van der Waals surface area contributed by atoms with Crippen LogP contribution in [0, 0.1) is 6.92 Å². The summed E-state index contributed by atoms with van der Waals surface area (Å²) in [4.78, 5) is 1.21. The summed E-state index contributed by atoms with van der Waals surface area (Å²) in [5, 5.41) is 12.6. The van der Waals surface area contributed by atoms with Gasteiger partial charge in [-0.15, -0.1) is 11.3 Å². The molecule has 0 unspecified atom stereocenters. The molecule has 0 spiro atoms. The highest BCUT2D eigenvalue weighted by Crippen LogP contribution is 2.28. The number of methoxy groups -OCH3 is 1. The zero-order chi connectivity index (χ0) is 11.4. The van der Waals surface area contributed by atoms with Gasteiger partial charge in [0, 0.05) is 19.2 Å². The highest BCUT2D eigenvalue weighted by atomic mass is 32.1. The van der Waals surface area contributed by atoms with Gasteiger partial charge in [-0.3, -0.25) is 5.10 Å². The summed E-state index contributed by atoms with van der Waals surface area (Å²) in [7, 11) is 1.69. The van der Waals surface area contributed by atoms with E-state index in [0.29, 0.717) is 6.61 Å². The maximum absolute atomic E-state index is 4.98. The predicted octanol–water partition coefficient (Wildman–Crippen LogP) is 2.50. The van der Waals surface area contributed by atoms with E-state index in [1.54, 1.807) is 18.4 Å². The summed E-state index contributed by atoms with van der Waals surface area (Å²) in [6.07, 6.45) is 0. The lowest BCUT2D eigenvalue weighted by Gasteiger charge is -2.02. The Hall–Kier alpha value is -1.33. The van der Waals surface area contributed by atoms with E-state index in [-0.39, 0.29) is 0 Å². The van der Waals surface area contributed by atoms with Crippen molar-refractivity contribution in [3.8, 4) is 10.6 Å². The van der Waals surface area contributed by atoms with Gasteiger partial charge in [-0.05, 0) is 18.4 Å². The summed E-state index contributed by atoms with van der Waals surface area (Å²) in [6.45, 7) is 3.51. The third kappa shape index (κ3) is 2.25. The second-order valence-corrected chi connectivity index (χ2v) is 4.42. The average Bonchev–Trinajstić information content (AvgIpc) is 2.89. The lowest BCUT2D eigenvalue weighted by atomic mass is 10.2. The minimum absolute atomic E-state index is 0.681. The van der Waals surface area contributed by atoms with Crippen molar-refractivity contribution in [1.82, 2.24) is 10.2 Å². The zero-order valence-corrected chi connectivity index (χ0v) is 10.2. The summed E-state index contributed by atoms with van der Waals surface area (Å²) in [6, 6.07) is 4.13. The monoisotopic (exact) mass is 237 g/mol. The fourth-order valence-corrected chi connectivity index (χ4v) is 2.28.